The molecule has 0 fully saturated rings. The van der Waals surface area contributed by atoms with E-state index in [9.17, 15) is 9.59 Å². The molecule has 0 aliphatic rings. The minimum atomic E-state index is -0.435. The number of aryl methyl sites for hydroxylation is 1. The highest BCUT2D eigenvalue weighted by Gasteiger charge is 2.23. The first-order chi connectivity index (χ1) is 14.8. The number of thiazole rings is 1. The quantitative estimate of drug-likeness (QED) is 0.447. The number of esters is 1. The number of amides is 1. The molecule has 2 aromatic carbocycles. The molecule has 1 heterocycles. The number of benzene rings is 2. The third-order valence-corrected chi connectivity index (χ3v) is 6.14. The maximum absolute atomic E-state index is 13.4. The fraction of sp³-hybridized carbons (Fsp3) is 0.348. The van der Waals surface area contributed by atoms with Crippen molar-refractivity contribution in [2.45, 2.75) is 13.3 Å². The molecule has 172 valence electrons. The molecule has 0 unspecified atom stereocenters. The maximum Gasteiger partial charge on any atom is 0.337 e. The first-order valence-corrected chi connectivity index (χ1v) is 10.8. The summed E-state index contributed by atoms with van der Waals surface area (Å²) in [6, 6.07) is 10.4. The second kappa shape index (κ2) is 11.3. The molecule has 0 aliphatic heterocycles. The van der Waals surface area contributed by atoms with Gasteiger partial charge in [-0.3, -0.25) is 9.69 Å². The number of aromatic nitrogens is 1. The maximum atomic E-state index is 13.4. The van der Waals surface area contributed by atoms with E-state index in [2.05, 4.69) is 4.90 Å². The molecule has 0 aliphatic carbocycles. The molecule has 0 spiro atoms. The van der Waals surface area contributed by atoms with Gasteiger partial charge in [0.2, 0.25) is 0 Å². The van der Waals surface area contributed by atoms with Crippen LogP contribution in [0, 0.1) is 6.92 Å². The van der Waals surface area contributed by atoms with Gasteiger partial charge in [0.1, 0.15) is 11.3 Å². The minimum Gasteiger partial charge on any atom is -0.494 e. The monoisotopic (exact) mass is 477 g/mol. The summed E-state index contributed by atoms with van der Waals surface area (Å²) in [7, 11) is 6.95. The van der Waals surface area contributed by atoms with E-state index in [1.807, 2.05) is 33.2 Å². The average Bonchev–Trinajstić information content (AvgIpc) is 3.22. The van der Waals surface area contributed by atoms with Crippen LogP contribution in [0.5, 0.6) is 5.75 Å². The van der Waals surface area contributed by atoms with E-state index in [4.69, 9.17) is 14.5 Å². The summed E-state index contributed by atoms with van der Waals surface area (Å²) < 4.78 is 11.2. The van der Waals surface area contributed by atoms with Crippen LogP contribution in [0.4, 0.5) is 5.13 Å². The van der Waals surface area contributed by atoms with Gasteiger partial charge in [0.05, 0.1) is 24.5 Å². The SMILES string of the molecule is COC(=O)c1ccc(C(=O)N(CCCN(C)C)c2nc3c(OC)ccc(C)c3s2)cc1.Cl. The number of rotatable bonds is 8. The van der Waals surface area contributed by atoms with E-state index in [0.29, 0.717) is 28.6 Å². The second-order valence-electron chi connectivity index (χ2n) is 7.44. The molecule has 32 heavy (non-hydrogen) atoms. The molecular formula is C23H28ClN3O4S. The molecule has 3 aromatic rings. The van der Waals surface area contributed by atoms with Crippen molar-refractivity contribution >= 4 is 51.0 Å². The van der Waals surface area contributed by atoms with Crippen molar-refractivity contribution in [2.75, 3.05) is 46.3 Å². The highest BCUT2D eigenvalue weighted by atomic mass is 35.5. The summed E-state index contributed by atoms with van der Waals surface area (Å²) in [5.74, 6) is 0.0904. The zero-order valence-corrected chi connectivity index (χ0v) is 20.5. The normalized spacial score (nSPS) is 10.7. The van der Waals surface area contributed by atoms with E-state index in [-0.39, 0.29) is 18.3 Å². The van der Waals surface area contributed by atoms with Gasteiger partial charge in [-0.05, 0) is 69.9 Å². The lowest BCUT2D eigenvalue weighted by Gasteiger charge is -2.21. The smallest absolute Gasteiger partial charge is 0.337 e. The first kappa shape index (κ1) is 25.6. The summed E-state index contributed by atoms with van der Waals surface area (Å²) in [4.78, 5) is 33.7. The highest BCUT2D eigenvalue weighted by molar-refractivity contribution is 7.22. The number of hydrogen-bond acceptors (Lipinski definition) is 7. The van der Waals surface area contributed by atoms with Crippen molar-refractivity contribution in [2.24, 2.45) is 0 Å². The Morgan fingerprint density at radius 1 is 1.00 bits per heavy atom. The van der Waals surface area contributed by atoms with E-state index in [0.717, 1.165) is 28.7 Å². The number of carbonyl (C=O) groups is 2. The fourth-order valence-electron chi connectivity index (χ4n) is 3.23. The largest absolute Gasteiger partial charge is 0.494 e. The van der Waals surface area contributed by atoms with Gasteiger partial charge in [-0.1, -0.05) is 17.4 Å². The number of nitrogens with zero attached hydrogens (tertiary/aromatic N) is 3. The van der Waals surface area contributed by atoms with E-state index >= 15 is 0 Å². The average molecular weight is 478 g/mol. The molecule has 9 heteroatoms. The van der Waals surface area contributed by atoms with Crippen molar-refractivity contribution in [3.8, 4) is 5.75 Å². The van der Waals surface area contributed by atoms with Gasteiger partial charge >= 0.3 is 5.97 Å². The number of carbonyl (C=O) groups excluding carboxylic acids is 2. The van der Waals surface area contributed by atoms with Gasteiger partial charge < -0.3 is 14.4 Å². The Balaban J connectivity index is 0.00000363. The van der Waals surface area contributed by atoms with Gasteiger partial charge in [0.25, 0.3) is 5.91 Å². The van der Waals surface area contributed by atoms with Gasteiger partial charge in [0, 0.05) is 12.1 Å². The number of anilines is 1. The van der Waals surface area contributed by atoms with Gasteiger partial charge in [-0.2, -0.15) is 0 Å². The van der Waals surface area contributed by atoms with Crippen LogP contribution in [-0.2, 0) is 4.74 Å². The molecule has 3 rings (SSSR count). The van der Waals surface area contributed by atoms with Gasteiger partial charge in [0.15, 0.2) is 5.13 Å². The second-order valence-corrected chi connectivity index (χ2v) is 8.42. The third kappa shape index (κ3) is 5.56. The number of hydrogen-bond donors (Lipinski definition) is 0. The Morgan fingerprint density at radius 3 is 2.25 bits per heavy atom. The summed E-state index contributed by atoms with van der Waals surface area (Å²) in [5.41, 5.74) is 2.73. The molecule has 0 saturated carbocycles. The number of halogens is 1. The highest BCUT2D eigenvalue weighted by Crippen LogP contribution is 2.36. The van der Waals surface area contributed by atoms with Crippen LogP contribution < -0.4 is 9.64 Å². The fourth-order valence-corrected chi connectivity index (χ4v) is 4.31. The molecule has 0 saturated heterocycles. The Hall–Kier alpha value is -2.68. The lowest BCUT2D eigenvalue weighted by Crippen LogP contribution is -2.33. The van der Waals surface area contributed by atoms with E-state index in [1.54, 1.807) is 36.3 Å². The Morgan fingerprint density at radius 2 is 1.66 bits per heavy atom. The van der Waals surface area contributed by atoms with Crippen LogP contribution in [-0.4, -0.2) is 63.2 Å². The first-order valence-electron chi connectivity index (χ1n) is 9.94. The van der Waals surface area contributed by atoms with Gasteiger partial charge in [-0.15, -0.1) is 12.4 Å². The topological polar surface area (TPSA) is 72.0 Å². The summed E-state index contributed by atoms with van der Waals surface area (Å²) >= 11 is 1.48. The molecule has 7 nitrogen and oxygen atoms in total. The van der Waals surface area contributed by atoms with Crippen LogP contribution >= 0.6 is 23.7 Å². The van der Waals surface area contributed by atoms with Crippen molar-refractivity contribution < 1.29 is 19.1 Å². The minimum absolute atomic E-state index is 0. The van der Waals surface area contributed by atoms with Crippen molar-refractivity contribution in [3.05, 3.63) is 53.1 Å². The zero-order valence-electron chi connectivity index (χ0n) is 18.9. The molecule has 0 bridgehead atoms. The number of fused-ring (bicyclic) bond motifs is 1. The Kier molecular flexibility index (Phi) is 9.00. The standard InChI is InChI=1S/C23H27N3O4S.ClH/c1-15-7-12-18(29-4)19-20(15)31-23(24-19)26(14-6-13-25(2)3)21(27)16-8-10-17(11-9-16)22(28)30-5;/h7-12H,6,13-14H2,1-5H3;1H. The Bertz CT molecular complexity index is 1080. The zero-order chi connectivity index (χ0) is 22.5. The molecule has 0 N–H and O–H groups in total. The van der Waals surface area contributed by atoms with Crippen LogP contribution in [0.1, 0.15) is 32.7 Å². The lowest BCUT2D eigenvalue weighted by atomic mass is 10.1. The van der Waals surface area contributed by atoms with Crippen LogP contribution in [0.25, 0.3) is 10.2 Å². The molecule has 1 amide bonds. The predicted octanol–water partition coefficient (Wildman–Crippen LogP) is 4.42. The van der Waals surface area contributed by atoms with Crippen LogP contribution in [0.3, 0.4) is 0 Å². The summed E-state index contributed by atoms with van der Waals surface area (Å²) in [6.07, 6.45) is 0.797. The molecule has 0 atom stereocenters. The Labute approximate surface area is 198 Å². The van der Waals surface area contributed by atoms with Crippen molar-refractivity contribution in [1.82, 2.24) is 9.88 Å². The molecular weight excluding hydrogens is 450 g/mol. The molecule has 0 radical (unpaired) electrons. The summed E-state index contributed by atoms with van der Waals surface area (Å²) in [6.45, 7) is 3.39. The third-order valence-electron chi connectivity index (χ3n) is 4.93. The summed E-state index contributed by atoms with van der Waals surface area (Å²) in [5, 5.41) is 0.628. The van der Waals surface area contributed by atoms with Crippen molar-refractivity contribution in [1.29, 1.82) is 0 Å². The van der Waals surface area contributed by atoms with Crippen LogP contribution in [0.2, 0.25) is 0 Å². The van der Waals surface area contributed by atoms with E-state index < -0.39 is 5.97 Å². The number of methoxy groups -OCH3 is 2. The molecule has 1 aromatic heterocycles. The number of ether oxygens (including phenoxy) is 2. The van der Waals surface area contributed by atoms with Crippen LogP contribution in [0.15, 0.2) is 36.4 Å². The van der Waals surface area contributed by atoms with Crippen molar-refractivity contribution in [3.63, 3.8) is 0 Å². The lowest BCUT2D eigenvalue weighted by molar-refractivity contribution is 0.0600. The van der Waals surface area contributed by atoms with E-state index in [1.165, 1.54) is 18.4 Å². The predicted molar refractivity (Wildman–Crippen MR) is 131 cm³/mol. The van der Waals surface area contributed by atoms with Gasteiger partial charge in [-0.25, -0.2) is 9.78 Å².